The lowest BCUT2D eigenvalue weighted by Gasteiger charge is -2.14. The van der Waals surface area contributed by atoms with E-state index in [2.05, 4.69) is 0 Å². The molecule has 0 amide bonds. The molecule has 0 aliphatic heterocycles. The molecule has 0 fully saturated rings. The smallest absolute Gasteiger partial charge is 0.354 e. The molecule has 0 aliphatic carbocycles. The number of hydrogen-bond donors (Lipinski definition) is 0. The number of methoxy groups -OCH3 is 3. The fraction of sp³-hybridized carbons (Fsp3) is 0.467. The van der Waals surface area contributed by atoms with E-state index in [-0.39, 0.29) is 0 Å². The second kappa shape index (κ2) is 8.83. The molecule has 22 heavy (non-hydrogen) atoms. The van der Waals surface area contributed by atoms with Crippen LogP contribution in [0.1, 0.15) is 19.4 Å². The van der Waals surface area contributed by atoms with E-state index in [9.17, 15) is 4.57 Å². The minimum Gasteiger partial charge on any atom is -0.493 e. The van der Waals surface area contributed by atoms with Crippen molar-refractivity contribution in [2.45, 2.75) is 13.8 Å². The summed E-state index contributed by atoms with van der Waals surface area (Å²) in [6.45, 7) is 4.13. The lowest BCUT2D eigenvalue weighted by atomic mass is 10.2. The zero-order valence-corrected chi connectivity index (χ0v) is 14.5. The zero-order chi connectivity index (χ0) is 16.6. The van der Waals surface area contributed by atoms with Crippen LogP contribution in [0, 0.1) is 0 Å². The molecule has 0 spiro atoms. The van der Waals surface area contributed by atoms with Crippen molar-refractivity contribution in [1.82, 2.24) is 0 Å². The van der Waals surface area contributed by atoms with Crippen LogP contribution in [0.5, 0.6) is 17.2 Å². The van der Waals surface area contributed by atoms with Crippen molar-refractivity contribution in [3.05, 3.63) is 23.5 Å². The van der Waals surface area contributed by atoms with Gasteiger partial charge in [0, 0.05) is 5.82 Å². The monoisotopic (exact) mass is 330 g/mol. The molecule has 0 bridgehead atoms. The van der Waals surface area contributed by atoms with Crippen LogP contribution in [0.15, 0.2) is 17.9 Å². The summed E-state index contributed by atoms with van der Waals surface area (Å²) in [6.07, 6.45) is 1.65. The number of benzene rings is 1. The van der Waals surface area contributed by atoms with Gasteiger partial charge in [-0.3, -0.25) is 4.57 Å². The van der Waals surface area contributed by atoms with Crippen LogP contribution in [-0.2, 0) is 13.6 Å². The molecule has 0 aromatic heterocycles. The second-order valence-electron chi connectivity index (χ2n) is 4.15. The molecule has 0 saturated heterocycles. The van der Waals surface area contributed by atoms with Crippen LogP contribution in [0.3, 0.4) is 0 Å². The van der Waals surface area contributed by atoms with Gasteiger partial charge >= 0.3 is 7.60 Å². The summed E-state index contributed by atoms with van der Waals surface area (Å²) in [5.41, 5.74) is 0.731. The summed E-state index contributed by atoms with van der Waals surface area (Å²) in [5, 5.41) is 0. The third-order valence-corrected chi connectivity index (χ3v) is 4.51. The second-order valence-corrected chi connectivity index (χ2v) is 6.04. The Hall–Kier alpha value is -1.49. The average molecular weight is 330 g/mol. The van der Waals surface area contributed by atoms with Crippen LogP contribution in [0.4, 0.5) is 0 Å². The summed E-state index contributed by atoms with van der Waals surface area (Å²) >= 11 is 0. The minimum atomic E-state index is -3.24. The average Bonchev–Trinajstić information content (AvgIpc) is 2.52. The van der Waals surface area contributed by atoms with Crippen LogP contribution < -0.4 is 14.2 Å². The molecule has 0 saturated carbocycles. The first kappa shape index (κ1) is 18.6. The van der Waals surface area contributed by atoms with Crippen molar-refractivity contribution < 1.29 is 27.8 Å². The summed E-state index contributed by atoms with van der Waals surface area (Å²) in [6, 6.07) is 3.50. The van der Waals surface area contributed by atoms with Crippen LogP contribution in [-0.4, -0.2) is 34.5 Å². The minimum absolute atomic E-state index is 0.302. The van der Waals surface area contributed by atoms with E-state index < -0.39 is 7.60 Å². The molecule has 0 aliphatic rings. The Morgan fingerprint density at radius 2 is 1.45 bits per heavy atom. The Morgan fingerprint density at radius 1 is 0.955 bits per heavy atom. The number of rotatable bonds is 9. The maximum atomic E-state index is 12.4. The molecular formula is C15H23O6P. The highest BCUT2D eigenvalue weighted by molar-refractivity contribution is 7.57. The summed E-state index contributed by atoms with van der Waals surface area (Å²) in [7, 11) is 1.37. The maximum absolute atomic E-state index is 12.4. The Bertz CT molecular complexity index is 520. The topological polar surface area (TPSA) is 63.2 Å². The van der Waals surface area contributed by atoms with Gasteiger partial charge < -0.3 is 23.3 Å². The molecule has 1 rings (SSSR count). The highest BCUT2D eigenvalue weighted by Crippen LogP contribution is 2.50. The van der Waals surface area contributed by atoms with Crippen molar-refractivity contribution in [1.29, 1.82) is 0 Å². The lowest BCUT2D eigenvalue weighted by molar-refractivity contribution is 0.229. The normalized spacial score (nSPS) is 11.7. The van der Waals surface area contributed by atoms with Gasteiger partial charge in [0.2, 0.25) is 5.75 Å². The fourth-order valence-electron chi connectivity index (χ4n) is 1.86. The van der Waals surface area contributed by atoms with E-state index in [1.807, 2.05) is 0 Å². The van der Waals surface area contributed by atoms with Crippen molar-refractivity contribution in [3.8, 4) is 17.2 Å². The summed E-state index contributed by atoms with van der Waals surface area (Å²) < 4.78 is 38.6. The van der Waals surface area contributed by atoms with Crippen molar-refractivity contribution >= 4 is 13.7 Å². The van der Waals surface area contributed by atoms with Gasteiger partial charge in [-0.05, 0) is 37.6 Å². The molecule has 7 heteroatoms. The standard InChI is InChI=1S/C15H23O6P/c1-6-20-22(16,21-7-2)9-8-12-10-13(17-3)15(19-5)14(11-12)18-4/h8-11H,6-7H2,1-5H3/b9-8+. The van der Waals surface area contributed by atoms with Gasteiger partial charge in [-0.1, -0.05) is 0 Å². The zero-order valence-electron chi connectivity index (χ0n) is 13.6. The van der Waals surface area contributed by atoms with Gasteiger partial charge in [0.15, 0.2) is 11.5 Å². The number of hydrogen-bond acceptors (Lipinski definition) is 6. The first-order valence-electron chi connectivity index (χ1n) is 6.91. The third kappa shape index (κ3) is 4.77. The summed E-state index contributed by atoms with van der Waals surface area (Å²) in [4.78, 5) is 0. The maximum Gasteiger partial charge on any atom is 0.354 e. The Labute approximate surface area is 131 Å². The molecule has 0 heterocycles. The van der Waals surface area contributed by atoms with E-state index in [1.165, 1.54) is 27.1 Å². The lowest BCUT2D eigenvalue weighted by Crippen LogP contribution is -1.96. The molecular weight excluding hydrogens is 307 g/mol. The largest absolute Gasteiger partial charge is 0.493 e. The van der Waals surface area contributed by atoms with Crippen molar-refractivity contribution in [2.75, 3.05) is 34.5 Å². The van der Waals surface area contributed by atoms with Crippen LogP contribution >= 0.6 is 7.60 Å². The Balaban J connectivity index is 3.16. The van der Waals surface area contributed by atoms with Gasteiger partial charge in [-0.2, -0.15) is 0 Å². The molecule has 0 atom stereocenters. The SMILES string of the molecule is CCOP(=O)(/C=C/c1cc(OC)c(OC)c(OC)c1)OCC. The van der Waals surface area contributed by atoms with Gasteiger partial charge in [-0.25, -0.2) is 0 Å². The molecule has 1 aromatic rings. The van der Waals surface area contributed by atoms with E-state index >= 15 is 0 Å². The molecule has 1 aromatic carbocycles. The Morgan fingerprint density at radius 3 is 1.82 bits per heavy atom. The quantitative estimate of drug-likeness (QED) is 0.639. The van der Waals surface area contributed by atoms with E-state index in [1.54, 1.807) is 32.1 Å². The van der Waals surface area contributed by atoms with Crippen LogP contribution in [0.2, 0.25) is 0 Å². The molecule has 0 N–H and O–H groups in total. The first-order valence-corrected chi connectivity index (χ1v) is 8.52. The predicted octanol–water partition coefficient (Wildman–Crippen LogP) is 3.95. The molecule has 0 radical (unpaired) electrons. The van der Waals surface area contributed by atoms with Gasteiger partial charge in [0.25, 0.3) is 0 Å². The number of ether oxygens (including phenoxy) is 3. The van der Waals surface area contributed by atoms with Gasteiger partial charge in [0.1, 0.15) is 0 Å². The molecule has 0 unspecified atom stereocenters. The van der Waals surface area contributed by atoms with E-state index in [0.29, 0.717) is 30.5 Å². The third-order valence-electron chi connectivity index (χ3n) is 2.75. The van der Waals surface area contributed by atoms with Gasteiger partial charge in [-0.15, -0.1) is 0 Å². The van der Waals surface area contributed by atoms with Gasteiger partial charge in [0.05, 0.1) is 34.5 Å². The van der Waals surface area contributed by atoms with Crippen LogP contribution in [0.25, 0.3) is 6.08 Å². The Kier molecular flexibility index (Phi) is 7.45. The highest BCUT2D eigenvalue weighted by atomic mass is 31.2. The highest BCUT2D eigenvalue weighted by Gasteiger charge is 2.19. The summed E-state index contributed by atoms with van der Waals surface area (Å²) in [5.74, 6) is 2.97. The predicted molar refractivity (Wildman–Crippen MR) is 86.0 cm³/mol. The van der Waals surface area contributed by atoms with Crippen molar-refractivity contribution in [3.63, 3.8) is 0 Å². The fourth-order valence-corrected chi connectivity index (χ4v) is 3.18. The van der Waals surface area contributed by atoms with E-state index in [4.69, 9.17) is 23.3 Å². The first-order chi connectivity index (χ1) is 10.5. The van der Waals surface area contributed by atoms with E-state index in [0.717, 1.165) is 5.56 Å². The molecule has 6 nitrogen and oxygen atoms in total. The van der Waals surface area contributed by atoms with Crippen molar-refractivity contribution in [2.24, 2.45) is 0 Å². The molecule has 124 valence electrons.